The molecule has 2 aromatic rings. The molecule has 2 aromatic carbocycles. The predicted molar refractivity (Wildman–Crippen MR) is 105 cm³/mol. The fourth-order valence-electron chi connectivity index (χ4n) is 3.10. The van der Waals surface area contributed by atoms with Crippen molar-refractivity contribution in [2.24, 2.45) is 0 Å². The maximum atomic E-state index is 13.0. The maximum Gasteiger partial charge on any atom is 0.183 e. The second kappa shape index (κ2) is 7.79. The molecule has 0 unspecified atom stereocenters. The lowest BCUT2D eigenvalue weighted by molar-refractivity contribution is 0.414. The van der Waals surface area contributed by atoms with Crippen LogP contribution in [0.2, 0.25) is 5.02 Å². The van der Waals surface area contributed by atoms with E-state index >= 15 is 0 Å². The highest BCUT2D eigenvalue weighted by Gasteiger charge is 2.45. The van der Waals surface area contributed by atoms with Crippen LogP contribution in [0.3, 0.4) is 0 Å². The zero-order valence-electron chi connectivity index (χ0n) is 14.6. The van der Waals surface area contributed by atoms with E-state index < -0.39 is 36.7 Å². The van der Waals surface area contributed by atoms with Crippen molar-refractivity contribution in [1.29, 1.82) is 0 Å². The molecule has 1 aliphatic rings. The van der Waals surface area contributed by atoms with Crippen molar-refractivity contribution >= 4 is 31.3 Å². The van der Waals surface area contributed by atoms with Gasteiger partial charge in [-0.2, -0.15) is 0 Å². The van der Waals surface area contributed by atoms with Crippen molar-refractivity contribution in [2.75, 3.05) is 18.6 Å². The molecule has 1 saturated heterocycles. The van der Waals surface area contributed by atoms with E-state index in [4.69, 9.17) is 16.3 Å². The number of halogens is 1. The van der Waals surface area contributed by atoms with Gasteiger partial charge in [-0.25, -0.2) is 16.8 Å². The molecule has 2 atom stereocenters. The largest absolute Gasteiger partial charge is 0.497 e. The number of methoxy groups -OCH3 is 1. The number of rotatable bonds is 6. The summed E-state index contributed by atoms with van der Waals surface area (Å²) in [5, 5.41) is 2.48. The molecule has 0 radical (unpaired) electrons. The summed E-state index contributed by atoms with van der Waals surface area (Å²) in [6, 6.07) is 12.4. The first kappa shape index (κ1) is 20.1. The van der Waals surface area contributed by atoms with E-state index in [1.807, 2.05) is 12.1 Å². The number of hydrogen-bond acceptors (Lipinski definition) is 6. The minimum atomic E-state index is -3.81. The van der Waals surface area contributed by atoms with E-state index in [0.29, 0.717) is 17.3 Å². The van der Waals surface area contributed by atoms with Crippen molar-refractivity contribution in [1.82, 2.24) is 5.32 Å². The molecule has 1 aliphatic heterocycles. The molecule has 1 N–H and O–H groups in total. The summed E-state index contributed by atoms with van der Waals surface area (Å²) in [6.07, 6.45) is 0. The zero-order valence-corrected chi connectivity index (χ0v) is 17.0. The van der Waals surface area contributed by atoms with Gasteiger partial charge in [0, 0.05) is 17.6 Å². The number of benzene rings is 2. The molecule has 3 rings (SSSR count). The van der Waals surface area contributed by atoms with Gasteiger partial charge >= 0.3 is 0 Å². The van der Waals surface area contributed by atoms with Crippen molar-refractivity contribution in [3.63, 3.8) is 0 Å². The number of hydrogen-bond donors (Lipinski definition) is 1. The zero-order chi connectivity index (χ0) is 19.7. The third kappa shape index (κ3) is 4.63. The second-order valence-electron chi connectivity index (χ2n) is 6.45. The first-order valence-electron chi connectivity index (χ1n) is 8.27. The third-order valence-corrected chi connectivity index (χ3v) is 8.99. The van der Waals surface area contributed by atoms with Gasteiger partial charge < -0.3 is 10.1 Å². The third-order valence-electron chi connectivity index (χ3n) is 4.57. The van der Waals surface area contributed by atoms with E-state index in [1.54, 1.807) is 19.2 Å². The molecule has 0 aromatic heterocycles. The Morgan fingerprint density at radius 3 is 2.30 bits per heavy atom. The minimum Gasteiger partial charge on any atom is -0.497 e. The van der Waals surface area contributed by atoms with Gasteiger partial charge in [-0.3, -0.25) is 0 Å². The molecule has 6 nitrogen and oxygen atoms in total. The minimum absolute atomic E-state index is 0.0743. The Hall–Kier alpha value is -1.61. The summed E-state index contributed by atoms with van der Waals surface area (Å²) in [5.41, 5.74) is 0.905. The van der Waals surface area contributed by atoms with Crippen molar-refractivity contribution in [3.05, 3.63) is 59.1 Å². The van der Waals surface area contributed by atoms with Crippen molar-refractivity contribution in [3.8, 4) is 5.75 Å². The van der Waals surface area contributed by atoms with Crippen LogP contribution < -0.4 is 10.1 Å². The Balaban J connectivity index is 1.81. The van der Waals surface area contributed by atoms with Crippen LogP contribution >= 0.6 is 11.6 Å². The highest BCUT2D eigenvalue weighted by atomic mass is 35.5. The van der Waals surface area contributed by atoms with Crippen LogP contribution in [0.1, 0.15) is 5.56 Å². The SMILES string of the molecule is COc1ccc(CN[C@@H]2CS(=O)(=O)C[C@H]2S(=O)(=O)c2ccc(Cl)cc2)cc1. The molecule has 1 heterocycles. The van der Waals surface area contributed by atoms with Crippen LogP contribution in [0, 0.1) is 0 Å². The smallest absolute Gasteiger partial charge is 0.183 e. The van der Waals surface area contributed by atoms with Crippen LogP contribution in [0.25, 0.3) is 0 Å². The average Bonchev–Trinajstić information content (AvgIpc) is 2.96. The number of ether oxygens (including phenoxy) is 1. The molecule has 0 amide bonds. The standard InChI is InChI=1S/C18H20ClNO5S2/c1-25-15-6-2-13(3-7-15)10-20-17-11-26(21,22)12-18(17)27(23,24)16-8-4-14(19)5-9-16/h2-9,17-18,20H,10-12H2,1H3/t17-,18-/m1/s1. The molecule has 1 fully saturated rings. The summed E-state index contributed by atoms with van der Waals surface area (Å²) in [7, 11) is -5.69. The molecular formula is C18H20ClNO5S2. The lowest BCUT2D eigenvalue weighted by atomic mass is 10.2. The van der Waals surface area contributed by atoms with E-state index in [1.165, 1.54) is 24.3 Å². The molecule has 0 bridgehead atoms. The molecule has 27 heavy (non-hydrogen) atoms. The van der Waals surface area contributed by atoms with Crippen molar-refractivity contribution in [2.45, 2.75) is 22.7 Å². The average molecular weight is 430 g/mol. The Morgan fingerprint density at radius 2 is 1.70 bits per heavy atom. The van der Waals surface area contributed by atoms with Gasteiger partial charge in [0.25, 0.3) is 0 Å². The molecule has 0 saturated carbocycles. The van der Waals surface area contributed by atoms with Gasteiger partial charge in [0.1, 0.15) is 5.75 Å². The summed E-state index contributed by atoms with van der Waals surface area (Å²) < 4.78 is 55.3. The lowest BCUT2D eigenvalue weighted by Gasteiger charge is -2.20. The first-order chi connectivity index (χ1) is 12.7. The topological polar surface area (TPSA) is 89.5 Å². The molecule has 0 spiro atoms. The quantitative estimate of drug-likeness (QED) is 0.756. The summed E-state index contributed by atoms with van der Waals surface area (Å²) in [5.74, 6) is 0.115. The van der Waals surface area contributed by atoms with Gasteiger partial charge in [0.05, 0.1) is 28.8 Å². The van der Waals surface area contributed by atoms with E-state index in [9.17, 15) is 16.8 Å². The van der Waals surface area contributed by atoms with Gasteiger partial charge in [0.2, 0.25) is 0 Å². The fourth-order valence-corrected chi connectivity index (χ4v) is 7.95. The van der Waals surface area contributed by atoms with Crippen LogP contribution in [0.4, 0.5) is 0 Å². The Labute approximate surface area is 164 Å². The van der Waals surface area contributed by atoms with Gasteiger partial charge in [-0.1, -0.05) is 23.7 Å². The molecule has 146 valence electrons. The Morgan fingerprint density at radius 1 is 1.07 bits per heavy atom. The highest BCUT2D eigenvalue weighted by Crippen LogP contribution is 2.27. The Bertz CT molecular complexity index is 1000. The second-order valence-corrected chi connectivity index (χ2v) is 11.2. The van der Waals surface area contributed by atoms with Crippen LogP contribution in [-0.2, 0) is 26.2 Å². The van der Waals surface area contributed by atoms with Gasteiger partial charge in [-0.15, -0.1) is 0 Å². The summed E-state index contributed by atoms with van der Waals surface area (Å²) >= 11 is 5.82. The van der Waals surface area contributed by atoms with Gasteiger partial charge in [-0.05, 0) is 42.0 Å². The summed E-state index contributed by atoms with van der Waals surface area (Å²) in [4.78, 5) is 0.0743. The van der Waals surface area contributed by atoms with Gasteiger partial charge in [0.15, 0.2) is 19.7 Å². The first-order valence-corrected chi connectivity index (χ1v) is 12.0. The van der Waals surface area contributed by atoms with E-state index in [0.717, 1.165) is 5.56 Å². The van der Waals surface area contributed by atoms with Crippen LogP contribution in [0.5, 0.6) is 5.75 Å². The van der Waals surface area contributed by atoms with E-state index in [2.05, 4.69) is 5.32 Å². The van der Waals surface area contributed by atoms with E-state index in [-0.39, 0.29) is 10.6 Å². The van der Waals surface area contributed by atoms with Crippen LogP contribution in [-0.4, -0.2) is 46.7 Å². The monoisotopic (exact) mass is 429 g/mol. The number of nitrogens with one attached hydrogen (secondary N) is 1. The fraction of sp³-hybridized carbons (Fsp3) is 0.333. The maximum absolute atomic E-state index is 13.0. The predicted octanol–water partition coefficient (Wildman–Crippen LogP) is 2.08. The molecule has 9 heteroatoms. The highest BCUT2D eigenvalue weighted by molar-refractivity contribution is 7.96. The van der Waals surface area contributed by atoms with Crippen LogP contribution in [0.15, 0.2) is 53.4 Å². The Kier molecular flexibility index (Phi) is 5.81. The summed E-state index contributed by atoms with van der Waals surface area (Å²) in [6.45, 7) is 0.358. The van der Waals surface area contributed by atoms with Crippen molar-refractivity contribution < 1.29 is 21.6 Å². The molecule has 0 aliphatic carbocycles. The lowest BCUT2D eigenvalue weighted by Crippen LogP contribution is -2.43. The molecular weight excluding hydrogens is 410 g/mol. The normalized spacial score (nSPS) is 21.9. The number of sulfone groups is 2.